The number of aromatic nitrogens is 1. The Bertz CT molecular complexity index is 1630. The van der Waals surface area contributed by atoms with Gasteiger partial charge in [-0.25, -0.2) is 9.79 Å². The van der Waals surface area contributed by atoms with Gasteiger partial charge in [0.05, 0.1) is 28.5 Å². The molecule has 0 spiro atoms. The number of nitrogens with zero attached hydrogens (tertiary/aromatic N) is 2. The summed E-state index contributed by atoms with van der Waals surface area (Å²) in [6, 6.07) is 20.4. The molecular formula is C29H26N2O4S2. The Kier molecular flexibility index (Phi) is 7.21. The molecule has 1 atom stereocenters. The number of carbonyl (C=O) groups is 1. The Morgan fingerprint density at radius 3 is 2.62 bits per heavy atom. The first-order chi connectivity index (χ1) is 18.0. The molecule has 0 bridgehead atoms. The summed E-state index contributed by atoms with van der Waals surface area (Å²) in [4.78, 5) is 33.5. The summed E-state index contributed by atoms with van der Waals surface area (Å²) in [6.45, 7) is 5.94. The van der Waals surface area contributed by atoms with Gasteiger partial charge in [0.2, 0.25) is 0 Å². The Morgan fingerprint density at radius 1 is 1.11 bits per heavy atom. The maximum Gasteiger partial charge on any atom is 0.338 e. The molecule has 5 rings (SSSR count). The second-order valence-corrected chi connectivity index (χ2v) is 10.7. The standard InChI is InChI=1S/C29H26N2O4S2/c1-4-34-28(33)24-25(20-11-6-5-7-12-20)30-29-31(26(24)22-14-9-15-36-22)27(32)23(37-29)17-19-10-8-13-21(16-19)35-18(2)3/h5-18,26H,4H2,1-3H3/b23-17-/t26-/m0/s1. The normalized spacial score (nSPS) is 15.5. The zero-order valence-electron chi connectivity index (χ0n) is 20.7. The zero-order valence-corrected chi connectivity index (χ0v) is 22.3. The number of carbonyl (C=O) groups excluding carboxylic acids is 1. The fourth-order valence-electron chi connectivity index (χ4n) is 4.26. The summed E-state index contributed by atoms with van der Waals surface area (Å²) < 4.78 is 13.4. The predicted molar refractivity (Wildman–Crippen MR) is 148 cm³/mol. The fraction of sp³-hybridized carbons (Fsp3) is 0.207. The maximum absolute atomic E-state index is 13.8. The average molecular weight is 531 g/mol. The lowest BCUT2D eigenvalue weighted by Crippen LogP contribution is -2.39. The highest BCUT2D eigenvalue weighted by atomic mass is 32.1. The molecule has 0 unspecified atom stereocenters. The fourth-order valence-corrected chi connectivity index (χ4v) is 6.08. The minimum absolute atomic E-state index is 0.0454. The molecular weight excluding hydrogens is 504 g/mol. The molecule has 0 radical (unpaired) electrons. The molecule has 0 saturated heterocycles. The lowest BCUT2D eigenvalue weighted by atomic mass is 9.97. The number of fused-ring (bicyclic) bond motifs is 1. The Balaban J connectivity index is 1.75. The van der Waals surface area contributed by atoms with Crippen LogP contribution in [0.4, 0.5) is 0 Å². The van der Waals surface area contributed by atoms with Crippen LogP contribution in [0.15, 0.2) is 87.5 Å². The van der Waals surface area contributed by atoms with Gasteiger partial charge in [0.15, 0.2) is 4.80 Å². The van der Waals surface area contributed by atoms with Gasteiger partial charge in [-0.05, 0) is 56.0 Å². The maximum atomic E-state index is 13.8. The molecule has 3 heterocycles. The average Bonchev–Trinajstić information content (AvgIpc) is 3.52. The smallest absolute Gasteiger partial charge is 0.338 e. The molecule has 188 valence electrons. The topological polar surface area (TPSA) is 69.9 Å². The number of benzene rings is 2. The molecule has 0 N–H and O–H groups in total. The van der Waals surface area contributed by atoms with E-state index in [4.69, 9.17) is 14.5 Å². The van der Waals surface area contributed by atoms with E-state index in [1.54, 1.807) is 11.5 Å². The second-order valence-electron chi connectivity index (χ2n) is 8.69. The Morgan fingerprint density at radius 2 is 1.92 bits per heavy atom. The third kappa shape index (κ3) is 5.08. The van der Waals surface area contributed by atoms with Crippen molar-refractivity contribution in [1.82, 2.24) is 4.57 Å². The van der Waals surface area contributed by atoms with E-state index in [1.165, 1.54) is 22.7 Å². The highest BCUT2D eigenvalue weighted by molar-refractivity contribution is 7.10. The van der Waals surface area contributed by atoms with Crippen LogP contribution in [0.3, 0.4) is 0 Å². The van der Waals surface area contributed by atoms with E-state index in [9.17, 15) is 9.59 Å². The number of hydrogen-bond acceptors (Lipinski definition) is 7. The summed E-state index contributed by atoms with van der Waals surface area (Å²) in [5.41, 5.74) is 2.33. The molecule has 1 aliphatic rings. The van der Waals surface area contributed by atoms with Crippen molar-refractivity contribution in [1.29, 1.82) is 0 Å². The van der Waals surface area contributed by atoms with Gasteiger partial charge in [0.25, 0.3) is 5.56 Å². The van der Waals surface area contributed by atoms with E-state index in [0.717, 1.165) is 21.8 Å². The van der Waals surface area contributed by atoms with Crippen molar-refractivity contribution >= 4 is 40.4 Å². The van der Waals surface area contributed by atoms with Crippen LogP contribution in [-0.4, -0.2) is 23.2 Å². The van der Waals surface area contributed by atoms with Crippen LogP contribution in [-0.2, 0) is 9.53 Å². The number of thiophene rings is 1. The van der Waals surface area contributed by atoms with Crippen molar-refractivity contribution in [2.45, 2.75) is 32.9 Å². The molecule has 8 heteroatoms. The SMILES string of the molecule is CCOC(=O)C1=C(c2ccccc2)N=c2s/c(=C\c3cccc(OC(C)C)c3)c(=O)n2[C@H]1c1cccs1. The molecule has 0 saturated carbocycles. The van der Waals surface area contributed by atoms with Crippen LogP contribution in [0.2, 0.25) is 0 Å². The van der Waals surface area contributed by atoms with Crippen molar-refractivity contribution in [3.05, 3.63) is 113 Å². The van der Waals surface area contributed by atoms with Crippen molar-refractivity contribution in [3.8, 4) is 5.75 Å². The summed E-state index contributed by atoms with van der Waals surface area (Å²) in [5.74, 6) is 0.264. The first kappa shape index (κ1) is 24.9. The lowest BCUT2D eigenvalue weighted by Gasteiger charge is -2.24. The first-order valence-electron chi connectivity index (χ1n) is 12.0. The Labute approximate surface area is 222 Å². The van der Waals surface area contributed by atoms with Crippen molar-refractivity contribution in [3.63, 3.8) is 0 Å². The number of ether oxygens (including phenoxy) is 2. The van der Waals surface area contributed by atoms with E-state index in [2.05, 4.69) is 0 Å². The van der Waals surface area contributed by atoms with Crippen LogP contribution in [0, 0.1) is 0 Å². The molecule has 2 aromatic heterocycles. The summed E-state index contributed by atoms with van der Waals surface area (Å²) in [6.07, 6.45) is 1.89. The third-order valence-corrected chi connectivity index (χ3v) is 7.62. The van der Waals surface area contributed by atoms with Crippen LogP contribution in [0.1, 0.15) is 42.8 Å². The molecule has 0 fully saturated rings. The van der Waals surface area contributed by atoms with E-state index in [-0.39, 0.29) is 18.3 Å². The van der Waals surface area contributed by atoms with Crippen LogP contribution in [0.5, 0.6) is 5.75 Å². The second kappa shape index (κ2) is 10.7. The van der Waals surface area contributed by atoms with Crippen molar-refractivity contribution < 1.29 is 14.3 Å². The number of rotatable bonds is 7. The minimum Gasteiger partial charge on any atom is -0.491 e. The highest BCUT2D eigenvalue weighted by Gasteiger charge is 2.35. The van der Waals surface area contributed by atoms with Gasteiger partial charge in [-0.3, -0.25) is 9.36 Å². The molecule has 37 heavy (non-hydrogen) atoms. The van der Waals surface area contributed by atoms with Crippen LogP contribution >= 0.6 is 22.7 Å². The Hall–Kier alpha value is -3.75. The van der Waals surface area contributed by atoms with Crippen molar-refractivity contribution in [2.24, 2.45) is 4.99 Å². The predicted octanol–water partition coefficient (Wildman–Crippen LogP) is 4.78. The zero-order chi connectivity index (χ0) is 25.9. The third-order valence-electron chi connectivity index (χ3n) is 5.71. The van der Waals surface area contributed by atoms with Crippen LogP contribution in [0.25, 0.3) is 11.8 Å². The molecule has 0 amide bonds. The lowest BCUT2D eigenvalue weighted by molar-refractivity contribution is -0.138. The largest absolute Gasteiger partial charge is 0.491 e. The number of hydrogen-bond donors (Lipinski definition) is 0. The van der Waals surface area contributed by atoms with Gasteiger partial charge >= 0.3 is 5.97 Å². The van der Waals surface area contributed by atoms with Gasteiger partial charge in [-0.15, -0.1) is 11.3 Å². The first-order valence-corrected chi connectivity index (χ1v) is 13.7. The van der Waals surface area contributed by atoms with Gasteiger partial charge in [0, 0.05) is 10.4 Å². The monoisotopic (exact) mass is 530 g/mol. The van der Waals surface area contributed by atoms with Gasteiger partial charge in [-0.2, -0.15) is 0 Å². The van der Waals surface area contributed by atoms with E-state index in [0.29, 0.717) is 20.6 Å². The van der Waals surface area contributed by atoms with E-state index in [1.807, 2.05) is 92.0 Å². The molecule has 0 aliphatic carbocycles. The molecule has 4 aromatic rings. The number of thiazole rings is 1. The number of esters is 1. The van der Waals surface area contributed by atoms with Crippen molar-refractivity contribution in [2.75, 3.05) is 6.61 Å². The summed E-state index contributed by atoms with van der Waals surface area (Å²) in [7, 11) is 0. The molecule has 6 nitrogen and oxygen atoms in total. The minimum atomic E-state index is -0.636. The van der Waals surface area contributed by atoms with Gasteiger partial charge in [-0.1, -0.05) is 59.9 Å². The quantitative estimate of drug-likeness (QED) is 0.323. The summed E-state index contributed by atoms with van der Waals surface area (Å²) in [5, 5.41) is 1.94. The summed E-state index contributed by atoms with van der Waals surface area (Å²) >= 11 is 2.80. The highest BCUT2D eigenvalue weighted by Crippen LogP contribution is 2.36. The van der Waals surface area contributed by atoms with Crippen LogP contribution < -0.4 is 19.6 Å². The van der Waals surface area contributed by atoms with Gasteiger partial charge in [0.1, 0.15) is 11.8 Å². The molecule has 1 aliphatic heterocycles. The van der Waals surface area contributed by atoms with Gasteiger partial charge < -0.3 is 9.47 Å². The molecule has 2 aromatic carbocycles. The van der Waals surface area contributed by atoms with E-state index < -0.39 is 12.0 Å². The van der Waals surface area contributed by atoms with E-state index >= 15 is 0 Å².